The van der Waals surface area contributed by atoms with Crippen LogP contribution < -0.4 is 32.7 Å². The normalized spacial score (nSPS) is 23.2. The molecule has 4 fully saturated rings. The molecule has 19 nitrogen and oxygen atoms in total. The number of alkyl carbamates (subject to hydrolysis) is 1. The van der Waals surface area contributed by atoms with Crippen LogP contribution in [0.2, 0.25) is 5.02 Å². The molecule has 3 aromatic rings. The SMILES string of the molecule is CC(C)c1ccc(CNC(=O)[C@H](CCC(N)=O)NC(=O)[C@@H]2CC[C@@H]3CCN(C(=O)[C@H]4CC[C@@H](CCc5ccc6c(c5)n(C)c(=O)n6C5CCC(=O)NC5=O)CC4)C[C@H](NC(=O)OC(C)(C)C)C(=O)N32)c(Cl)c1. The molecule has 0 bridgehead atoms. The molecule has 20 heteroatoms. The van der Waals surface area contributed by atoms with Gasteiger partial charge in [-0.1, -0.05) is 43.6 Å². The van der Waals surface area contributed by atoms with Gasteiger partial charge in [0.25, 0.3) is 0 Å². The Kier molecular flexibility index (Phi) is 16.9. The van der Waals surface area contributed by atoms with E-state index in [1.807, 2.05) is 50.2 Å². The first-order valence-corrected chi connectivity index (χ1v) is 25.7. The highest BCUT2D eigenvalue weighted by molar-refractivity contribution is 6.31. The minimum atomic E-state index is -1.24. The van der Waals surface area contributed by atoms with Gasteiger partial charge < -0.3 is 36.2 Å². The average Bonchev–Trinajstić information content (AvgIpc) is 3.85. The van der Waals surface area contributed by atoms with Gasteiger partial charge in [0.2, 0.25) is 41.4 Å². The molecule has 1 aromatic heterocycles. The van der Waals surface area contributed by atoms with Gasteiger partial charge in [-0.05, 0) is 138 Å². The standard InChI is InChI=1S/C52H70ClN9O10/c1-29(2)33-14-15-34(36(53)26-33)27-55-45(65)37(17-21-43(54)63)56-46(66)40-19-16-35-23-24-60(28-38(49(69)61(35)40)57-50(70)72-52(3,4)5)48(68)32-12-9-30(10-13-32)7-8-31-11-18-39-42(25-31)59(6)51(71)62(39)41-20-22-44(64)58-47(41)67/h11,14-15,18,25-26,29-30,32,35,37-38,40-41H,7-10,12-13,16-17,19-24,27-28H2,1-6H3,(H2,54,63)(H,55,65)(H,56,66)(H,57,70)(H,58,64,67)/t30-,32+,35-,37+,38+,40+,41?/m1/s1. The van der Waals surface area contributed by atoms with Gasteiger partial charge in [0.1, 0.15) is 29.8 Å². The van der Waals surface area contributed by atoms with Crippen LogP contribution in [0.3, 0.4) is 0 Å². The predicted octanol–water partition coefficient (Wildman–Crippen LogP) is 4.39. The number of nitrogens with two attached hydrogens (primary N) is 1. The molecule has 3 aliphatic heterocycles. The highest BCUT2D eigenvalue weighted by atomic mass is 35.5. The van der Waals surface area contributed by atoms with Crippen molar-refractivity contribution in [2.24, 2.45) is 24.6 Å². The fraction of sp³-hybridized carbons (Fsp3) is 0.596. The summed E-state index contributed by atoms with van der Waals surface area (Å²) in [6.07, 6.45) is 4.99. The first-order chi connectivity index (χ1) is 34.1. The summed E-state index contributed by atoms with van der Waals surface area (Å²) in [6.45, 7) is 9.41. The van der Waals surface area contributed by atoms with Crippen LogP contribution in [-0.2, 0) is 58.3 Å². The van der Waals surface area contributed by atoms with Crippen LogP contribution in [0.15, 0.2) is 41.2 Å². The number of primary amides is 1. The molecular weight excluding hydrogens is 946 g/mol. The zero-order chi connectivity index (χ0) is 52.2. The second-order valence-corrected chi connectivity index (χ2v) is 21.7. The quantitative estimate of drug-likeness (QED) is 0.134. The molecular formula is C52H70ClN9O10. The zero-order valence-electron chi connectivity index (χ0n) is 42.2. The molecule has 0 radical (unpaired) electrons. The third kappa shape index (κ3) is 12.7. The van der Waals surface area contributed by atoms with Gasteiger partial charge in [0, 0.05) is 50.0 Å². The fourth-order valence-electron chi connectivity index (χ4n) is 10.7. The maximum absolute atomic E-state index is 14.7. The topological polar surface area (TPSA) is 253 Å². The molecule has 1 unspecified atom stereocenters. The molecule has 4 aliphatic rings. The molecule has 3 saturated heterocycles. The Labute approximate surface area is 424 Å². The third-order valence-electron chi connectivity index (χ3n) is 14.7. The van der Waals surface area contributed by atoms with Crippen molar-refractivity contribution >= 4 is 70.1 Å². The van der Waals surface area contributed by atoms with Crippen molar-refractivity contribution in [1.82, 2.24) is 40.2 Å². The molecule has 390 valence electrons. The number of halogens is 1. The van der Waals surface area contributed by atoms with E-state index in [0.717, 1.165) is 36.8 Å². The lowest BCUT2D eigenvalue weighted by Crippen LogP contribution is -2.62. The summed E-state index contributed by atoms with van der Waals surface area (Å²) >= 11 is 6.53. The van der Waals surface area contributed by atoms with Crippen LogP contribution in [0.4, 0.5) is 4.79 Å². The number of imidazole rings is 1. The number of benzene rings is 2. The number of imide groups is 1. The van der Waals surface area contributed by atoms with E-state index in [9.17, 15) is 43.2 Å². The Morgan fingerprint density at radius 3 is 2.32 bits per heavy atom. The van der Waals surface area contributed by atoms with Gasteiger partial charge in [-0.2, -0.15) is 0 Å². The van der Waals surface area contributed by atoms with Crippen LogP contribution in [-0.4, -0.2) is 109 Å². The van der Waals surface area contributed by atoms with Crippen LogP contribution in [0.1, 0.15) is 140 Å². The van der Waals surface area contributed by atoms with E-state index in [2.05, 4.69) is 21.3 Å². The summed E-state index contributed by atoms with van der Waals surface area (Å²) in [5.74, 6) is -2.94. The highest BCUT2D eigenvalue weighted by Crippen LogP contribution is 2.35. The number of hydrogen-bond acceptors (Lipinski definition) is 10. The Morgan fingerprint density at radius 2 is 1.65 bits per heavy atom. The summed E-state index contributed by atoms with van der Waals surface area (Å²) in [4.78, 5) is 123. The maximum atomic E-state index is 14.7. The minimum absolute atomic E-state index is 0.0692. The monoisotopic (exact) mass is 1020 g/mol. The summed E-state index contributed by atoms with van der Waals surface area (Å²) in [5, 5.41) is 11.1. The lowest BCUT2D eigenvalue weighted by atomic mass is 9.79. The van der Waals surface area contributed by atoms with E-state index in [0.29, 0.717) is 53.2 Å². The van der Waals surface area contributed by atoms with Crippen LogP contribution in [0.5, 0.6) is 0 Å². The molecule has 7 rings (SSSR count). The number of aromatic nitrogens is 2. The van der Waals surface area contributed by atoms with E-state index in [1.165, 1.54) is 14.0 Å². The molecule has 0 spiro atoms. The number of nitrogens with zero attached hydrogens (tertiary/aromatic N) is 4. The Balaban J connectivity index is 0.986. The van der Waals surface area contributed by atoms with Crippen molar-refractivity contribution < 1.29 is 43.1 Å². The number of aryl methyl sites for hydroxylation is 2. The summed E-state index contributed by atoms with van der Waals surface area (Å²) in [6, 6.07) is 6.81. The maximum Gasteiger partial charge on any atom is 0.408 e. The molecule has 2 aromatic carbocycles. The van der Waals surface area contributed by atoms with Crippen LogP contribution in [0, 0.1) is 11.8 Å². The van der Waals surface area contributed by atoms with E-state index in [1.54, 1.807) is 32.7 Å². The number of carbonyl (C=O) groups is 8. The highest BCUT2D eigenvalue weighted by Gasteiger charge is 2.47. The molecule has 6 N–H and O–H groups in total. The number of rotatable bonds is 15. The van der Waals surface area contributed by atoms with E-state index >= 15 is 0 Å². The van der Waals surface area contributed by atoms with Crippen LogP contribution in [0.25, 0.3) is 11.0 Å². The van der Waals surface area contributed by atoms with Crippen molar-refractivity contribution in [2.75, 3.05) is 13.1 Å². The van der Waals surface area contributed by atoms with Crippen LogP contribution >= 0.6 is 11.6 Å². The van der Waals surface area contributed by atoms with Crippen molar-refractivity contribution in [3.63, 3.8) is 0 Å². The number of ether oxygens (including phenoxy) is 1. The number of piperidine rings is 1. The predicted molar refractivity (Wildman–Crippen MR) is 268 cm³/mol. The first kappa shape index (κ1) is 53.6. The Morgan fingerprint density at radius 1 is 0.917 bits per heavy atom. The zero-order valence-corrected chi connectivity index (χ0v) is 43.0. The number of hydrogen-bond donors (Lipinski definition) is 5. The number of carbonyl (C=O) groups excluding carboxylic acids is 8. The minimum Gasteiger partial charge on any atom is -0.444 e. The molecule has 5 atom stereocenters. The Hall–Kier alpha value is -6.24. The number of amides is 8. The van der Waals surface area contributed by atoms with E-state index in [-0.39, 0.29) is 81.1 Å². The lowest BCUT2D eigenvalue weighted by Gasteiger charge is -2.40. The summed E-state index contributed by atoms with van der Waals surface area (Å²) in [5.41, 5.74) is 8.35. The van der Waals surface area contributed by atoms with Gasteiger partial charge in [0.15, 0.2) is 0 Å². The number of fused-ring (bicyclic) bond motifs is 2. The van der Waals surface area contributed by atoms with Gasteiger partial charge in [-0.25, -0.2) is 9.59 Å². The molecule has 1 saturated carbocycles. The van der Waals surface area contributed by atoms with Gasteiger partial charge in [-0.15, -0.1) is 0 Å². The van der Waals surface area contributed by atoms with E-state index < -0.39 is 71.4 Å². The van der Waals surface area contributed by atoms with Crippen molar-refractivity contribution in [3.8, 4) is 0 Å². The van der Waals surface area contributed by atoms with Crippen molar-refractivity contribution in [3.05, 3.63) is 68.6 Å². The van der Waals surface area contributed by atoms with Crippen molar-refractivity contribution in [1.29, 1.82) is 0 Å². The lowest BCUT2D eigenvalue weighted by molar-refractivity contribution is -0.147. The van der Waals surface area contributed by atoms with Gasteiger partial charge in [0.05, 0.1) is 17.6 Å². The first-order valence-electron chi connectivity index (χ1n) is 25.4. The molecule has 72 heavy (non-hydrogen) atoms. The van der Waals surface area contributed by atoms with Crippen molar-refractivity contribution in [2.45, 2.75) is 166 Å². The summed E-state index contributed by atoms with van der Waals surface area (Å²) < 4.78 is 8.56. The molecule has 1 aliphatic carbocycles. The second kappa shape index (κ2) is 22.7. The third-order valence-corrected chi connectivity index (χ3v) is 15.1. The smallest absolute Gasteiger partial charge is 0.408 e. The number of nitrogens with one attached hydrogen (secondary N) is 4. The van der Waals surface area contributed by atoms with E-state index in [4.69, 9.17) is 22.1 Å². The second-order valence-electron chi connectivity index (χ2n) is 21.3. The largest absolute Gasteiger partial charge is 0.444 e. The molecule has 4 heterocycles. The van der Waals surface area contributed by atoms with Gasteiger partial charge in [-0.3, -0.25) is 48.0 Å². The Bertz CT molecular complexity index is 2650. The molecule has 8 amide bonds. The average molecular weight is 1020 g/mol. The van der Waals surface area contributed by atoms with Gasteiger partial charge >= 0.3 is 11.8 Å². The fourth-order valence-corrected chi connectivity index (χ4v) is 11.0. The summed E-state index contributed by atoms with van der Waals surface area (Å²) in [7, 11) is 1.68.